The molecule has 1 heteroatoms. The molecule has 3 fully saturated rings. The Morgan fingerprint density at radius 2 is 1.82 bits per heavy atom. The Kier molecular flexibility index (Phi) is 3.39. The Hall–Kier alpha value is -0.560. The van der Waals surface area contributed by atoms with Crippen LogP contribution in [-0.2, 0) is 0 Å². The van der Waals surface area contributed by atoms with Gasteiger partial charge in [0.1, 0.15) is 0 Å². The zero-order valence-electron chi connectivity index (χ0n) is 14.6. The van der Waals surface area contributed by atoms with Crippen LogP contribution in [0.1, 0.15) is 72.1 Å². The number of aliphatic hydroxyl groups is 1. The van der Waals surface area contributed by atoms with Gasteiger partial charge in [0, 0.05) is 0 Å². The number of aliphatic hydroxyl groups excluding tert-OH is 1. The molecule has 4 aliphatic rings. The molecule has 0 radical (unpaired) electrons. The van der Waals surface area contributed by atoms with Crippen LogP contribution in [0.5, 0.6) is 0 Å². The molecule has 4 rings (SSSR count). The molecule has 0 unspecified atom stereocenters. The maximum absolute atomic E-state index is 10.1. The van der Waals surface area contributed by atoms with Gasteiger partial charge in [-0.05, 0) is 86.9 Å². The maximum atomic E-state index is 10.1. The quantitative estimate of drug-likeness (QED) is 0.605. The fourth-order valence-electron chi connectivity index (χ4n) is 6.96. The minimum atomic E-state index is -0.0779. The molecular weight excluding hydrogens is 268 g/mol. The predicted octanol–water partition coefficient (Wildman–Crippen LogP) is 5.26. The zero-order chi connectivity index (χ0) is 15.5. The van der Waals surface area contributed by atoms with Crippen molar-refractivity contribution in [2.75, 3.05) is 0 Å². The molecule has 122 valence electrons. The second-order valence-corrected chi connectivity index (χ2v) is 8.96. The normalized spacial score (nSPS) is 52.7. The maximum Gasteiger partial charge on any atom is 0.0577 e. The van der Waals surface area contributed by atoms with E-state index in [-0.39, 0.29) is 6.10 Å². The van der Waals surface area contributed by atoms with Crippen molar-refractivity contribution in [2.24, 2.45) is 28.6 Å². The van der Waals surface area contributed by atoms with Crippen molar-refractivity contribution in [3.63, 3.8) is 0 Å². The van der Waals surface area contributed by atoms with Crippen LogP contribution in [0.15, 0.2) is 23.3 Å². The minimum Gasteiger partial charge on any atom is -0.393 e. The molecule has 4 aliphatic carbocycles. The highest BCUT2D eigenvalue weighted by Gasteiger charge is 2.56. The third-order valence-corrected chi connectivity index (χ3v) is 8.27. The highest BCUT2D eigenvalue weighted by Crippen LogP contribution is 2.66. The zero-order valence-corrected chi connectivity index (χ0v) is 14.6. The summed E-state index contributed by atoms with van der Waals surface area (Å²) in [4.78, 5) is 0. The highest BCUT2D eigenvalue weighted by atomic mass is 16.3. The van der Waals surface area contributed by atoms with Gasteiger partial charge in [0.2, 0.25) is 0 Å². The number of rotatable bonds is 0. The molecule has 6 atom stereocenters. The van der Waals surface area contributed by atoms with E-state index < -0.39 is 0 Å². The molecule has 0 spiro atoms. The largest absolute Gasteiger partial charge is 0.393 e. The molecule has 0 amide bonds. The lowest BCUT2D eigenvalue weighted by Crippen LogP contribution is -2.49. The molecule has 0 saturated heterocycles. The molecule has 0 aromatic heterocycles. The molecule has 0 aromatic rings. The molecule has 1 N–H and O–H groups in total. The molecule has 1 nitrogen and oxygen atoms in total. The van der Waals surface area contributed by atoms with Gasteiger partial charge in [-0.3, -0.25) is 0 Å². The smallest absolute Gasteiger partial charge is 0.0577 e. The highest BCUT2D eigenvalue weighted by molar-refractivity contribution is 5.29. The molecule has 0 aliphatic heterocycles. The fraction of sp³-hybridized carbons (Fsp3) is 0.810. The molecule has 22 heavy (non-hydrogen) atoms. The number of allylic oxidation sites excluding steroid dienone is 3. The van der Waals surface area contributed by atoms with Gasteiger partial charge >= 0.3 is 0 Å². The first-order valence-corrected chi connectivity index (χ1v) is 9.52. The van der Waals surface area contributed by atoms with Crippen LogP contribution in [0.4, 0.5) is 0 Å². The Morgan fingerprint density at radius 3 is 2.59 bits per heavy atom. The lowest BCUT2D eigenvalue weighted by atomic mass is 9.48. The van der Waals surface area contributed by atoms with Crippen LogP contribution in [0.25, 0.3) is 0 Å². The predicted molar refractivity (Wildman–Crippen MR) is 91.5 cm³/mol. The van der Waals surface area contributed by atoms with Crippen LogP contribution in [0.3, 0.4) is 0 Å². The van der Waals surface area contributed by atoms with Crippen molar-refractivity contribution in [2.45, 2.75) is 78.2 Å². The van der Waals surface area contributed by atoms with Crippen LogP contribution in [-0.4, -0.2) is 11.2 Å². The Balaban J connectivity index is 1.69. The Bertz CT molecular complexity index is 530. The van der Waals surface area contributed by atoms with Gasteiger partial charge in [0.05, 0.1) is 6.10 Å². The molecule has 0 heterocycles. The average molecular weight is 300 g/mol. The number of fused-ring (bicyclic) bond motifs is 5. The Morgan fingerprint density at radius 1 is 1.09 bits per heavy atom. The van der Waals surface area contributed by atoms with Crippen LogP contribution in [0.2, 0.25) is 0 Å². The standard InChI is InChI=1S/C21H32O/c1-4-14-6-8-18-17-7-5-15-13-16(22)9-11-21(15,3)19(17)10-12-20(14,18)2/h4-5,16-19,22H,6-13H2,1-3H3/b14-4-/t16-,17-,18-,19-,20+,21-/m0/s1. The third kappa shape index (κ3) is 1.87. The first kappa shape index (κ1) is 15.0. The van der Waals surface area contributed by atoms with E-state index in [9.17, 15) is 5.11 Å². The van der Waals surface area contributed by atoms with Crippen molar-refractivity contribution in [3.8, 4) is 0 Å². The summed E-state index contributed by atoms with van der Waals surface area (Å²) in [5, 5.41) is 10.1. The summed E-state index contributed by atoms with van der Waals surface area (Å²) in [6.45, 7) is 7.33. The molecule has 0 aromatic carbocycles. The summed E-state index contributed by atoms with van der Waals surface area (Å²) < 4.78 is 0. The Labute approximate surface area is 135 Å². The average Bonchev–Trinajstić information content (AvgIpc) is 2.84. The van der Waals surface area contributed by atoms with E-state index in [4.69, 9.17) is 0 Å². The van der Waals surface area contributed by atoms with Gasteiger partial charge in [0.25, 0.3) is 0 Å². The third-order valence-electron chi connectivity index (χ3n) is 8.27. The van der Waals surface area contributed by atoms with Gasteiger partial charge < -0.3 is 5.11 Å². The van der Waals surface area contributed by atoms with E-state index in [1.165, 1.54) is 38.5 Å². The van der Waals surface area contributed by atoms with Gasteiger partial charge in [-0.15, -0.1) is 0 Å². The van der Waals surface area contributed by atoms with Crippen molar-refractivity contribution < 1.29 is 5.11 Å². The van der Waals surface area contributed by atoms with Crippen LogP contribution in [0, 0.1) is 28.6 Å². The van der Waals surface area contributed by atoms with Gasteiger partial charge in [-0.25, -0.2) is 0 Å². The fourth-order valence-corrected chi connectivity index (χ4v) is 6.96. The summed E-state index contributed by atoms with van der Waals surface area (Å²) in [5.74, 6) is 2.66. The lowest BCUT2D eigenvalue weighted by molar-refractivity contribution is -0.0268. The van der Waals surface area contributed by atoms with Crippen molar-refractivity contribution in [3.05, 3.63) is 23.3 Å². The van der Waals surface area contributed by atoms with Gasteiger partial charge in [-0.1, -0.05) is 37.1 Å². The van der Waals surface area contributed by atoms with Gasteiger partial charge in [0.15, 0.2) is 0 Å². The number of hydrogen-bond donors (Lipinski definition) is 1. The van der Waals surface area contributed by atoms with Crippen molar-refractivity contribution in [1.29, 1.82) is 0 Å². The topological polar surface area (TPSA) is 20.2 Å². The number of hydrogen-bond acceptors (Lipinski definition) is 1. The van der Waals surface area contributed by atoms with E-state index in [1.54, 1.807) is 11.1 Å². The summed E-state index contributed by atoms with van der Waals surface area (Å²) >= 11 is 0. The van der Waals surface area contributed by atoms with Crippen LogP contribution < -0.4 is 0 Å². The minimum absolute atomic E-state index is 0.0779. The summed E-state index contributed by atoms with van der Waals surface area (Å²) in [6.07, 6.45) is 14.9. The second kappa shape index (κ2) is 4.97. The van der Waals surface area contributed by atoms with E-state index >= 15 is 0 Å². The summed E-state index contributed by atoms with van der Waals surface area (Å²) in [5.41, 5.74) is 4.23. The molecular formula is C21H32O. The van der Waals surface area contributed by atoms with Gasteiger partial charge in [-0.2, -0.15) is 0 Å². The summed E-state index contributed by atoms with van der Waals surface area (Å²) in [7, 11) is 0. The first-order valence-electron chi connectivity index (χ1n) is 9.52. The molecule has 0 bridgehead atoms. The van der Waals surface area contributed by atoms with E-state index in [1.807, 2.05) is 0 Å². The van der Waals surface area contributed by atoms with Crippen molar-refractivity contribution in [1.82, 2.24) is 0 Å². The first-order chi connectivity index (χ1) is 10.5. The van der Waals surface area contributed by atoms with E-state index in [0.29, 0.717) is 10.8 Å². The van der Waals surface area contributed by atoms with E-state index in [2.05, 4.69) is 32.9 Å². The monoisotopic (exact) mass is 300 g/mol. The second-order valence-electron chi connectivity index (χ2n) is 8.96. The summed E-state index contributed by atoms with van der Waals surface area (Å²) in [6, 6.07) is 0. The molecule has 3 saturated carbocycles. The van der Waals surface area contributed by atoms with E-state index in [0.717, 1.165) is 30.6 Å². The lowest BCUT2D eigenvalue weighted by Gasteiger charge is -2.57. The van der Waals surface area contributed by atoms with Crippen molar-refractivity contribution >= 4 is 0 Å². The SMILES string of the molecule is C/C=C1/CC[C@H]2[C@@H]3CC=C4C[C@@H](O)CC[C@]4(C)[C@H]3CC[C@]12C. The van der Waals surface area contributed by atoms with Crippen LogP contribution >= 0.6 is 0 Å².